The SMILES string of the molecule is O=C(OCc1ccc(F)cc1)c1cccc(S(=O)(=O)N2CCc3ccccc32)c1. The lowest BCUT2D eigenvalue weighted by Gasteiger charge is -2.19. The zero-order chi connectivity index (χ0) is 20.4. The van der Waals surface area contributed by atoms with Crippen molar-refractivity contribution in [3.05, 3.63) is 95.3 Å². The molecular weight excluding hydrogens is 393 g/mol. The number of fused-ring (bicyclic) bond motifs is 1. The minimum Gasteiger partial charge on any atom is -0.457 e. The highest BCUT2D eigenvalue weighted by atomic mass is 32.2. The zero-order valence-electron chi connectivity index (χ0n) is 15.4. The average Bonchev–Trinajstić information content (AvgIpc) is 3.18. The molecule has 0 atom stereocenters. The number of halogens is 1. The summed E-state index contributed by atoms with van der Waals surface area (Å²) in [4.78, 5) is 12.4. The quantitative estimate of drug-likeness (QED) is 0.597. The van der Waals surface area contributed by atoms with Gasteiger partial charge in [0.15, 0.2) is 0 Å². The van der Waals surface area contributed by atoms with E-state index in [4.69, 9.17) is 4.74 Å². The molecule has 1 aliphatic rings. The third-order valence-electron chi connectivity index (χ3n) is 4.79. The van der Waals surface area contributed by atoms with E-state index in [0.29, 0.717) is 24.2 Å². The summed E-state index contributed by atoms with van der Waals surface area (Å²) >= 11 is 0. The van der Waals surface area contributed by atoms with Gasteiger partial charge >= 0.3 is 5.97 Å². The fourth-order valence-corrected chi connectivity index (χ4v) is 4.83. The third-order valence-corrected chi connectivity index (χ3v) is 6.59. The average molecular weight is 411 g/mol. The summed E-state index contributed by atoms with van der Waals surface area (Å²) < 4.78 is 45.8. The number of ether oxygens (including phenoxy) is 1. The maximum Gasteiger partial charge on any atom is 0.338 e. The van der Waals surface area contributed by atoms with Crippen molar-refractivity contribution in [2.45, 2.75) is 17.9 Å². The van der Waals surface area contributed by atoms with Crippen molar-refractivity contribution in [1.82, 2.24) is 0 Å². The van der Waals surface area contributed by atoms with Crippen LogP contribution in [0.15, 0.2) is 77.7 Å². The van der Waals surface area contributed by atoms with Gasteiger partial charge in [0, 0.05) is 6.54 Å². The largest absolute Gasteiger partial charge is 0.457 e. The number of esters is 1. The maximum absolute atomic E-state index is 13.1. The first-order chi connectivity index (χ1) is 13.9. The van der Waals surface area contributed by atoms with Gasteiger partial charge in [0.05, 0.1) is 16.1 Å². The number of nitrogens with zero attached hydrogens (tertiary/aromatic N) is 1. The van der Waals surface area contributed by atoms with Gasteiger partial charge < -0.3 is 4.74 Å². The van der Waals surface area contributed by atoms with Crippen molar-refractivity contribution < 1.29 is 22.3 Å². The van der Waals surface area contributed by atoms with Crippen molar-refractivity contribution in [2.75, 3.05) is 10.8 Å². The molecule has 148 valence electrons. The Bertz CT molecular complexity index is 1160. The Morgan fingerprint density at radius 1 is 1.00 bits per heavy atom. The first kappa shape index (κ1) is 19.1. The first-order valence-electron chi connectivity index (χ1n) is 9.07. The molecule has 4 rings (SSSR count). The summed E-state index contributed by atoms with van der Waals surface area (Å²) in [7, 11) is -3.80. The molecular formula is C22H18FNO4S. The standard InChI is InChI=1S/C22H18FNO4S/c23-19-10-8-16(9-11-19)15-28-22(25)18-5-3-6-20(14-18)29(26,27)24-13-12-17-4-1-2-7-21(17)24/h1-11,14H,12-13,15H2. The van der Waals surface area contributed by atoms with E-state index in [0.717, 1.165) is 5.56 Å². The molecule has 0 radical (unpaired) electrons. The molecule has 0 aromatic heterocycles. The Hall–Kier alpha value is -3.19. The van der Waals surface area contributed by atoms with Crippen LogP contribution in [-0.2, 0) is 27.8 Å². The van der Waals surface area contributed by atoms with Crippen LogP contribution in [0.1, 0.15) is 21.5 Å². The van der Waals surface area contributed by atoms with Gasteiger partial charge in [-0.1, -0.05) is 36.4 Å². The molecule has 0 amide bonds. The lowest BCUT2D eigenvalue weighted by Crippen LogP contribution is -2.29. The Kier molecular flexibility index (Phi) is 5.07. The molecule has 0 fully saturated rings. The predicted molar refractivity (Wildman–Crippen MR) is 107 cm³/mol. The number of hydrogen-bond donors (Lipinski definition) is 0. The second-order valence-electron chi connectivity index (χ2n) is 6.69. The highest BCUT2D eigenvalue weighted by Crippen LogP contribution is 2.32. The molecule has 7 heteroatoms. The number of anilines is 1. The maximum atomic E-state index is 13.1. The van der Waals surface area contributed by atoms with Crippen LogP contribution in [0.4, 0.5) is 10.1 Å². The van der Waals surface area contributed by atoms with E-state index in [2.05, 4.69) is 0 Å². The Balaban J connectivity index is 1.54. The topological polar surface area (TPSA) is 63.7 Å². The van der Waals surface area contributed by atoms with Crippen LogP contribution in [0.2, 0.25) is 0 Å². The van der Waals surface area contributed by atoms with Crippen LogP contribution in [0, 0.1) is 5.82 Å². The van der Waals surface area contributed by atoms with Crippen LogP contribution in [0.5, 0.6) is 0 Å². The summed E-state index contributed by atoms with van der Waals surface area (Å²) in [6, 6.07) is 18.8. The van der Waals surface area contributed by atoms with Crippen LogP contribution in [-0.4, -0.2) is 20.9 Å². The molecule has 0 aliphatic carbocycles. The first-order valence-corrected chi connectivity index (χ1v) is 10.5. The highest BCUT2D eigenvalue weighted by Gasteiger charge is 2.31. The fourth-order valence-electron chi connectivity index (χ4n) is 3.28. The number of carbonyl (C=O) groups is 1. The molecule has 0 bridgehead atoms. The number of carbonyl (C=O) groups excluding carboxylic acids is 1. The molecule has 0 saturated carbocycles. The Labute approximate surface area is 168 Å². The van der Waals surface area contributed by atoms with E-state index in [1.165, 1.54) is 52.8 Å². The molecule has 5 nitrogen and oxygen atoms in total. The lowest BCUT2D eigenvalue weighted by atomic mass is 10.2. The fraction of sp³-hybridized carbons (Fsp3) is 0.136. The number of hydrogen-bond acceptors (Lipinski definition) is 4. The van der Waals surface area contributed by atoms with Crippen molar-refractivity contribution in [3.8, 4) is 0 Å². The van der Waals surface area contributed by atoms with Gasteiger partial charge in [-0.3, -0.25) is 4.31 Å². The summed E-state index contributed by atoms with van der Waals surface area (Å²) in [5, 5.41) is 0. The van der Waals surface area contributed by atoms with Gasteiger partial charge in [0.2, 0.25) is 0 Å². The number of sulfonamides is 1. The number of para-hydroxylation sites is 1. The number of rotatable bonds is 5. The Morgan fingerprint density at radius 2 is 1.76 bits per heavy atom. The van der Waals surface area contributed by atoms with Crippen molar-refractivity contribution in [2.24, 2.45) is 0 Å². The molecule has 3 aromatic rings. The highest BCUT2D eigenvalue weighted by molar-refractivity contribution is 7.92. The van der Waals surface area contributed by atoms with E-state index in [1.54, 1.807) is 12.1 Å². The molecule has 1 aliphatic heterocycles. The van der Waals surface area contributed by atoms with Gasteiger partial charge in [-0.2, -0.15) is 0 Å². The summed E-state index contributed by atoms with van der Waals surface area (Å²) in [6.07, 6.45) is 0.648. The molecule has 29 heavy (non-hydrogen) atoms. The van der Waals surface area contributed by atoms with E-state index in [1.807, 2.05) is 12.1 Å². The molecule has 1 heterocycles. The van der Waals surface area contributed by atoms with Gasteiger partial charge in [-0.05, 0) is 53.9 Å². The predicted octanol–water partition coefficient (Wildman–Crippen LogP) is 3.93. The van der Waals surface area contributed by atoms with Crippen LogP contribution in [0.25, 0.3) is 0 Å². The molecule has 0 saturated heterocycles. The Morgan fingerprint density at radius 3 is 2.55 bits per heavy atom. The lowest BCUT2D eigenvalue weighted by molar-refractivity contribution is 0.0472. The van der Waals surface area contributed by atoms with Crippen molar-refractivity contribution >= 4 is 21.7 Å². The second kappa shape index (κ2) is 7.67. The van der Waals surface area contributed by atoms with Gasteiger partial charge in [-0.25, -0.2) is 17.6 Å². The smallest absolute Gasteiger partial charge is 0.338 e. The van der Waals surface area contributed by atoms with Gasteiger partial charge in [0.1, 0.15) is 12.4 Å². The molecule has 3 aromatic carbocycles. The molecule has 0 spiro atoms. The number of benzene rings is 3. The minimum atomic E-state index is -3.80. The zero-order valence-corrected chi connectivity index (χ0v) is 16.2. The summed E-state index contributed by atoms with van der Waals surface area (Å²) in [5.41, 5.74) is 2.42. The van der Waals surface area contributed by atoms with Crippen molar-refractivity contribution in [1.29, 1.82) is 0 Å². The normalized spacial score (nSPS) is 13.2. The van der Waals surface area contributed by atoms with Crippen LogP contribution in [0.3, 0.4) is 0 Å². The monoisotopic (exact) mass is 411 g/mol. The molecule has 0 unspecified atom stereocenters. The van der Waals surface area contributed by atoms with Crippen LogP contribution < -0.4 is 4.31 Å². The third kappa shape index (κ3) is 3.86. The van der Waals surface area contributed by atoms with Crippen molar-refractivity contribution in [3.63, 3.8) is 0 Å². The summed E-state index contributed by atoms with van der Waals surface area (Å²) in [6.45, 7) is 0.330. The van der Waals surface area contributed by atoms with Gasteiger partial charge in [-0.15, -0.1) is 0 Å². The van der Waals surface area contributed by atoms with Crippen LogP contribution >= 0.6 is 0 Å². The van der Waals surface area contributed by atoms with E-state index < -0.39 is 16.0 Å². The summed E-state index contributed by atoms with van der Waals surface area (Å²) in [5.74, 6) is -1.02. The van der Waals surface area contributed by atoms with E-state index in [-0.39, 0.29) is 22.9 Å². The van der Waals surface area contributed by atoms with Gasteiger partial charge in [0.25, 0.3) is 10.0 Å². The van der Waals surface area contributed by atoms with E-state index >= 15 is 0 Å². The van der Waals surface area contributed by atoms with E-state index in [9.17, 15) is 17.6 Å². The minimum absolute atomic E-state index is 0.0322. The molecule has 0 N–H and O–H groups in total. The second-order valence-corrected chi connectivity index (χ2v) is 8.55.